The largest absolute Gasteiger partial charge is 0.497 e. The molecule has 20 heavy (non-hydrogen) atoms. The van der Waals surface area contributed by atoms with Gasteiger partial charge in [0.25, 0.3) is 0 Å². The first kappa shape index (κ1) is 15.1. The van der Waals surface area contributed by atoms with Gasteiger partial charge in [-0.25, -0.2) is 0 Å². The lowest BCUT2D eigenvalue weighted by Crippen LogP contribution is -2.01. The third-order valence-corrected chi connectivity index (χ3v) is 4.26. The van der Waals surface area contributed by atoms with Crippen molar-refractivity contribution in [3.05, 3.63) is 63.1 Å². The fourth-order valence-corrected chi connectivity index (χ4v) is 2.36. The Hall–Kier alpha value is -1.32. The van der Waals surface area contributed by atoms with Crippen molar-refractivity contribution in [2.75, 3.05) is 7.11 Å². The quantitative estimate of drug-likeness (QED) is 0.713. The highest BCUT2D eigenvalue weighted by atomic mass is 79.9. The Labute approximate surface area is 131 Å². The molecule has 0 aromatic heterocycles. The van der Waals surface area contributed by atoms with Crippen LogP contribution in [0.1, 0.15) is 22.3 Å². The molecule has 2 aromatic carbocycles. The second kappa shape index (κ2) is 6.91. The van der Waals surface area contributed by atoms with Gasteiger partial charge in [-0.05, 0) is 58.2 Å². The lowest BCUT2D eigenvalue weighted by atomic mass is 10.0. The van der Waals surface area contributed by atoms with Gasteiger partial charge in [-0.1, -0.05) is 23.7 Å². The van der Waals surface area contributed by atoms with Gasteiger partial charge in [0.2, 0.25) is 0 Å². The van der Waals surface area contributed by atoms with E-state index < -0.39 is 0 Å². The fraction of sp³-hybridized carbons (Fsp3) is 0.188. The molecule has 0 heterocycles. The maximum Gasteiger partial charge on any atom is 0.163 e. The van der Waals surface area contributed by atoms with Crippen LogP contribution in [0.3, 0.4) is 0 Å². The van der Waals surface area contributed by atoms with Gasteiger partial charge >= 0.3 is 0 Å². The van der Waals surface area contributed by atoms with E-state index in [0.29, 0.717) is 23.4 Å². The molecule has 0 atom stereocenters. The zero-order valence-electron chi connectivity index (χ0n) is 11.0. The Morgan fingerprint density at radius 2 is 1.90 bits per heavy atom. The number of Topliss-reactive ketones (excluding diaryl/α,β-unsaturated/α-hetero) is 1. The smallest absolute Gasteiger partial charge is 0.163 e. The molecule has 2 rings (SSSR count). The third-order valence-electron chi connectivity index (χ3n) is 3.04. The SMILES string of the molecule is COc1ccc(CCC(=O)c2ccc(Cl)c(Br)c2)cc1. The molecule has 0 fully saturated rings. The number of hydrogen-bond donors (Lipinski definition) is 0. The van der Waals surface area contributed by atoms with Gasteiger partial charge in [-0.15, -0.1) is 0 Å². The summed E-state index contributed by atoms with van der Waals surface area (Å²) in [6.45, 7) is 0. The summed E-state index contributed by atoms with van der Waals surface area (Å²) in [7, 11) is 1.64. The van der Waals surface area contributed by atoms with Crippen molar-refractivity contribution in [2.24, 2.45) is 0 Å². The molecule has 0 saturated carbocycles. The van der Waals surface area contributed by atoms with Gasteiger partial charge in [-0.3, -0.25) is 4.79 Å². The van der Waals surface area contributed by atoms with Crippen LogP contribution in [-0.4, -0.2) is 12.9 Å². The van der Waals surface area contributed by atoms with Gasteiger partial charge < -0.3 is 4.74 Å². The summed E-state index contributed by atoms with van der Waals surface area (Å²) in [5.74, 6) is 0.930. The number of halogens is 2. The van der Waals surface area contributed by atoms with E-state index in [1.807, 2.05) is 24.3 Å². The molecule has 0 amide bonds. The average molecular weight is 354 g/mol. The van der Waals surface area contributed by atoms with Crippen LogP contribution in [0.15, 0.2) is 46.9 Å². The van der Waals surface area contributed by atoms with Crippen LogP contribution in [0, 0.1) is 0 Å². The minimum atomic E-state index is 0.109. The molecule has 0 radical (unpaired) electrons. The molecule has 0 aliphatic carbocycles. The Morgan fingerprint density at radius 3 is 2.50 bits per heavy atom. The number of aryl methyl sites for hydroxylation is 1. The van der Waals surface area contributed by atoms with E-state index in [1.165, 1.54) is 0 Å². The summed E-state index contributed by atoms with van der Waals surface area (Å²) in [5.41, 5.74) is 1.79. The van der Waals surface area contributed by atoms with Gasteiger partial charge in [0.15, 0.2) is 5.78 Å². The summed E-state index contributed by atoms with van der Waals surface area (Å²) in [6, 6.07) is 13.0. The van der Waals surface area contributed by atoms with Gasteiger partial charge in [0.1, 0.15) is 5.75 Å². The molecule has 0 saturated heterocycles. The number of carbonyl (C=O) groups is 1. The summed E-state index contributed by atoms with van der Waals surface area (Å²) < 4.78 is 5.85. The van der Waals surface area contributed by atoms with Crippen LogP contribution < -0.4 is 4.74 Å². The first-order chi connectivity index (χ1) is 9.60. The van der Waals surface area contributed by atoms with Crippen molar-refractivity contribution < 1.29 is 9.53 Å². The third kappa shape index (κ3) is 3.84. The maximum absolute atomic E-state index is 12.1. The predicted molar refractivity (Wildman–Crippen MR) is 84.8 cm³/mol. The Bertz CT molecular complexity index is 608. The van der Waals surface area contributed by atoms with Crippen LogP contribution in [0.4, 0.5) is 0 Å². The van der Waals surface area contributed by atoms with E-state index in [0.717, 1.165) is 15.8 Å². The molecule has 0 unspecified atom stereocenters. The van der Waals surface area contributed by atoms with Crippen LogP contribution in [-0.2, 0) is 6.42 Å². The number of hydrogen-bond acceptors (Lipinski definition) is 2. The fourth-order valence-electron chi connectivity index (χ4n) is 1.86. The topological polar surface area (TPSA) is 26.3 Å². The second-order valence-corrected chi connectivity index (χ2v) is 5.66. The molecule has 0 aliphatic rings. The normalized spacial score (nSPS) is 10.3. The van der Waals surface area contributed by atoms with Crippen LogP contribution >= 0.6 is 27.5 Å². The summed E-state index contributed by atoms with van der Waals surface area (Å²) in [5, 5.41) is 0.608. The highest BCUT2D eigenvalue weighted by molar-refractivity contribution is 9.10. The first-order valence-corrected chi connectivity index (χ1v) is 7.38. The number of ether oxygens (including phenoxy) is 1. The minimum Gasteiger partial charge on any atom is -0.497 e. The van der Waals surface area contributed by atoms with E-state index in [2.05, 4.69) is 15.9 Å². The van der Waals surface area contributed by atoms with Gasteiger partial charge in [0.05, 0.1) is 12.1 Å². The molecule has 0 bridgehead atoms. The molecular weight excluding hydrogens is 340 g/mol. The van der Waals surface area contributed by atoms with Gasteiger partial charge in [-0.2, -0.15) is 0 Å². The highest BCUT2D eigenvalue weighted by Crippen LogP contribution is 2.24. The number of ketones is 1. The number of carbonyl (C=O) groups excluding carboxylic acids is 1. The van der Waals surface area contributed by atoms with Crippen molar-refractivity contribution in [3.8, 4) is 5.75 Å². The number of rotatable bonds is 5. The molecule has 0 N–H and O–H groups in total. The highest BCUT2D eigenvalue weighted by Gasteiger charge is 2.08. The minimum absolute atomic E-state index is 0.109. The Morgan fingerprint density at radius 1 is 1.20 bits per heavy atom. The average Bonchev–Trinajstić information content (AvgIpc) is 2.48. The standard InChI is InChI=1S/C16H14BrClO2/c1-20-13-6-2-11(3-7-13)4-9-16(19)12-5-8-15(18)14(17)10-12/h2-3,5-8,10H,4,9H2,1H3. The van der Waals surface area contributed by atoms with E-state index in [4.69, 9.17) is 16.3 Å². The van der Waals surface area contributed by atoms with Crippen molar-refractivity contribution in [3.63, 3.8) is 0 Å². The predicted octanol–water partition coefficient (Wildman–Crippen LogP) is 4.93. The molecule has 2 nitrogen and oxygen atoms in total. The molecule has 0 aliphatic heterocycles. The summed E-state index contributed by atoms with van der Waals surface area (Å²) >= 11 is 9.25. The summed E-state index contributed by atoms with van der Waals surface area (Å²) in [4.78, 5) is 12.1. The second-order valence-electron chi connectivity index (χ2n) is 4.40. The van der Waals surface area contributed by atoms with Gasteiger partial charge in [0, 0.05) is 16.5 Å². The van der Waals surface area contributed by atoms with Crippen molar-refractivity contribution >= 4 is 33.3 Å². The van der Waals surface area contributed by atoms with Crippen LogP contribution in [0.2, 0.25) is 5.02 Å². The zero-order chi connectivity index (χ0) is 14.5. The van der Waals surface area contributed by atoms with E-state index >= 15 is 0 Å². The molecule has 104 valence electrons. The van der Waals surface area contributed by atoms with Crippen molar-refractivity contribution in [1.82, 2.24) is 0 Å². The van der Waals surface area contributed by atoms with Crippen molar-refractivity contribution in [2.45, 2.75) is 12.8 Å². The van der Waals surface area contributed by atoms with Crippen LogP contribution in [0.5, 0.6) is 5.75 Å². The number of benzene rings is 2. The Kier molecular flexibility index (Phi) is 5.21. The van der Waals surface area contributed by atoms with E-state index in [-0.39, 0.29) is 5.78 Å². The summed E-state index contributed by atoms with van der Waals surface area (Å²) in [6.07, 6.45) is 1.18. The van der Waals surface area contributed by atoms with Crippen molar-refractivity contribution in [1.29, 1.82) is 0 Å². The molecule has 4 heteroatoms. The lowest BCUT2D eigenvalue weighted by molar-refractivity contribution is 0.0983. The monoisotopic (exact) mass is 352 g/mol. The van der Waals surface area contributed by atoms with E-state index in [9.17, 15) is 4.79 Å². The number of methoxy groups -OCH3 is 1. The molecule has 2 aromatic rings. The maximum atomic E-state index is 12.1. The lowest BCUT2D eigenvalue weighted by Gasteiger charge is -2.05. The Balaban J connectivity index is 1.98. The zero-order valence-corrected chi connectivity index (χ0v) is 13.4. The van der Waals surface area contributed by atoms with Crippen LogP contribution in [0.25, 0.3) is 0 Å². The first-order valence-electron chi connectivity index (χ1n) is 6.21. The molecular formula is C16H14BrClO2. The van der Waals surface area contributed by atoms with E-state index in [1.54, 1.807) is 25.3 Å². The molecule has 0 spiro atoms.